The van der Waals surface area contributed by atoms with E-state index in [4.69, 9.17) is 0 Å². The fraction of sp³-hybridized carbons (Fsp3) is 0.333. The van der Waals surface area contributed by atoms with E-state index in [2.05, 4.69) is 14.9 Å². The molecule has 0 spiro atoms. The second-order valence-corrected chi connectivity index (χ2v) is 4.89. The predicted octanol–water partition coefficient (Wildman–Crippen LogP) is 2.95. The zero-order valence-electron chi connectivity index (χ0n) is 10.7. The van der Waals surface area contributed by atoms with Crippen molar-refractivity contribution in [2.45, 2.75) is 25.4 Å². The molecule has 1 unspecified atom stereocenters. The molecular weight excluding hydrogens is 241 g/mol. The van der Waals surface area contributed by atoms with Crippen LogP contribution in [0.25, 0.3) is 0 Å². The third-order valence-electron chi connectivity index (χ3n) is 3.56. The molecule has 1 aromatic heterocycles. The largest absolute Gasteiger partial charge is 0.290 e. The smallest absolute Gasteiger partial charge is 0.123 e. The van der Waals surface area contributed by atoms with Crippen LogP contribution in [0.15, 0.2) is 42.9 Å². The molecule has 1 fully saturated rings. The highest BCUT2D eigenvalue weighted by atomic mass is 19.1. The van der Waals surface area contributed by atoms with Gasteiger partial charge in [-0.1, -0.05) is 12.1 Å². The summed E-state index contributed by atoms with van der Waals surface area (Å²) in [5, 5.41) is 0. The normalized spacial score (nSPS) is 19.7. The molecule has 4 heteroatoms. The summed E-state index contributed by atoms with van der Waals surface area (Å²) in [6.45, 7) is 1.79. The predicted molar refractivity (Wildman–Crippen MR) is 70.8 cm³/mol. The molecule has 1 aromatic carbocycles. The molecule has 3 nitrogen and oxygen atoms in total. The van der Waals surface area contributed by atoms with Crippen LogP contribution in [0.4, 0.5) is 4.39 Å². The van der Waals surface area contributed by atoms with Crippen LogP contribution in [0.2, 0.25) is 0 Å². The Morgan fingerprint density at radius 2 is 2.26 bits per heavy atom. The van der Waals surface area contributed by atoms with Gasteiger partial charge in [0.15, 0.2) is 0 Å². The maximum Gasteiger partial charge on any atom is 0.123 e. The molecule has 0 bridgehead atoms. The second kappa shape index (κ2) is 5.45. The Morgan fingerprint density at radius 1 is 1.32 bits per heavy atom. The zero-order valence-corrected chi connectivity index (χ0v) is 10.7. The maximum atomic E-state index is 13.2. The molecule has 0 aliphatic carbocycles. The first-order chi connectivity index (χ1) is 9.33. The van der Waals surface area contributed by atoms with E-state index in [0.29, 0.717) is 6.04 Å². The molecule has 19 heavy (non-hydrogen) atoms. The third-order valence-corrected chi connectivity index (χ3v) is 3.56. The lowest BCUT2D eigenvalue weighted by atomic mass is 10.1. The van der Waals surface area contributed by atoms with Gasteiger partial charge in [0, 0.05) is 25.1 Å². The highest BCUT2D eigenvalue weighted by Crippen LogP contribution is 2.31. The molecule has 0 radical (unpaired) electrons. The van der Waals surface area contributed by atoms with Crippen molar-refractivity contribution in [2.24, 2.45) is 0 Å². The van der Waals surface area contributed by atoms with E-state index in [1.807, 2.05) is 12.3 Å². The van der Waals surface area contributed by atoms with E-state index in [-0.39, 0.29) is 5.82 Å². The minimum atomic E-state index is -0.173. The van der Waals surface area contributed by atoms with Gasteiger partial charge >= 0.3 is 0 Å². The Kier molecular flexibility index (Phi) is 3.51. The first-order valence-electron chi connectivity index (χ1n) is 6.57. The van der Waals surface area contributed by atoms with E-state index < -0.39 is 0 Å². The summed E-state index contributed by atoms with van der Waals surface area (Å²) in [7, 11) is 0. The van der Waals surface area contributed by atoms with Gasteiger partial charge < -0.3 is 0 Å². The molecule has 0 N–H and O–H groups in total. The fourth-order valence-corrected chi connectivity index (χ4v) is 2.70. The Morgan fingerprint density at radius 3 is 3.05 bits per heavy atom. The van der Waals surface area contributed by atoms with Crippen molar-refractivity contribution in [1.29, 1.82) is 0 Å². The minimum Gasteiger partial charge on any atom is -0.290 e. The summed E-state index contributed by atoms with van der Waals surface area (Å²) < 4.78 is 13.2. The van der Waals surface area contributed by atoms with Gasteiger partial charge in [-0.3, -0.25) is 14.9 Å². The lowest BCUT2D eigenvalue weighted by Gasteiger charge is -2.23. The summed E-state index contributed by atoms with van der Waals surface area (Å²) in [4.78, 5) is 10.9. The first-order valence-corrected chi connectivity index (χ1v) is 6.57. The van der Waals surface area contributed by atoms with E-state index >= 15 is 0 Å². The Hall–Kier alpha value is -1.81. The van der Waals surface area contributed by atoms with E-state index in [1.165, 1.54) is 6.07 Å². The molecule has 1 aliphatic heterocycles. The number of benzene rings is 1. The van der Waals surface area contributed by atoms with Crippen molar-refractivity contribution in [2.75, 3.05) is 6.54 Å². The highest BCUT2D eigenvalue weighted by Gasteiger charge is 2.27. The van der Waals surface area contributed by atoms with Crippen LogP contribution in [0.5, 0.6) is 0 Å². The lowest BCUT2D eigenvalue weighted by molar-refractivity contribution is 0.243. The highest BCUT2D eigenvalue weighted by molar-refractivity contribution is 5.17. The topological polar surface area (TPSA) is 29.0 Å². The molecular formula is C15H16FN3. The molecule has 1 saturated heterocycles. The van der Waals surface area contributed by atoms with Gasteiger partial charge in [0.05, 0.1) is 11.7 Å². The number of hydrogen-bond acceptors (Lipinski definition) is 3. The Bertz CT molecular complexity index is 544. The lowest BCUT2D eigenvalue weighted by Crippen LogP contribution is -2.23. The fourth-order valence-electron chi connectivity index (χ4n) is 2.70. The van der Waals surface area contributed by atoms with E-state index in [9.17, 15) is 4.39 Å². The molecule has 3 rings (SSSR count). The van der Waals surface area contributed by atoms with Crippen molar-refractivity contribution in [3.63, 3.8) is 0 Å². The molecule has 2 heterocycles. The van der Waals surface area contributed by atoms with Crippen molar-refractivity contribution in [3.8, 4) is 0 Å². The van der Waals surface area contributed by atoms with Gasteiger partial charge in [0.2, 0.25) is 0 Å². The van der Waals surface area contributed by atoms with Crippen LogP contribution in [0, 0.1) is 5.82 Å². The van der Waals surface area contributed by atoms with Gasteiger partial charge in [-0.25, -0.2) is 4.39 Å². The van der Waals surface area contributed by atoms with Crippen LogP contribution >= 0.6 is 0 Å². The van der Waals surface area contributed by atoms with Crippen molar-refractivity contribution < 1.29 is 4.39 Å². The zero-order chi connectivity index (χ0) is 13.1. The third kappa shape index (κ3) is 2.79. The van der Waals surface area contributed by atoms with Gasteiger partial charge in [-0.2, -0.15) is 0 Å². The molecule has 98 valence electrons. The molecule has 0 amide bonds. The van der Waals surface area contributed by atoms with Gasteiger partial charge in [0.1, 0.15) is 5.82 Å². The summed E-state index contributed by atoms with van der Waals surface area (Å²) in [5.41, 5.74) is 2.02. The number of aromatic nitrogens is 2. The second-order valence-electron chi connectivity index (χ2n) is 4.89. The minimum absolute atomic E-state index is 0.173. The van der Waals surface area contributed by atoms with Crippen molar-refractivity contribution in [1.82, 2.24) is 14.9 Å². The number of hydrogen-bond donors (Lipinski definition) is 0. The molecule has 1 atom stereocenters. The van der Waals surface area contributed by atoms with Gasteiger partial charge in [-0.05, 0) is 37.1 Å². The monoisotopic (exact) mass is 257 g/mol. The SMILES string of the molecule is Fc1cccc(CN2CCCC2c2cnccn2)c1. The van der Waals surface area contributed by atoms with Crippen LogP contribution in [-0.2, 0) is 6.54 Å². The number of nitrogens with zero attached hydrogens (tertiary/aromatic N) is 3. The summed E-state index contributed by atoms with van der Waals surface area (Å²) in [5.74, 6) is -0.173. The quantitative estimate of drug-likeness (QED) is 0.846. The van der Waals surface area contributed by atoms with Gasteiger partial charge in [0.25, 0.3) is 0 Å². The summed E-state index contributed by atoms with van der Waals surface area (Å²) >= 11 is 0. The number of halogens is 1. The molecule has 2 aromatic rings. The van der Waals surface area contributed by atoms with E-state index in [0.717, 1.165) is 37.2 Å². The van der Waals surface area contributed by atoms with Crippen LogP contribution in [0.1, 0.15) is 30.1 Å². The number of rotatable bonds is 3. The maximum absolute atomic E-state index is 13.2. The van der Waals surface area contributed by atoms with Crippen LogP contribution < -0.4 is 0 Å². The average molecular weight is 257 g/mol. The summed E-state index contributed by atoms with van der Waals surface area (Å²) in [6, 6.07) is 7.12. The Labute approximate surface area is 112 Å². The molecule has 0 saturated carbocycles. The number of likely N-dealkylation sites (tertiary alicyclic amines) is 1. The van der Waals surface area contributed by atoms with Crippen LogP contribution in [-0.4, -0.2) is 21.4 Å². The van der Waals surface area contributed by atoms with Gasteiger partial charge in [-0.15, -0.1) is 0 Å². The molecule has 1 aliphatic rings. The summed E-state index contributed by atoms with van der Waals surface area (Å²) in [6.07, 6.45) is 7.49. The van der Waals surface area contributed by atoms with Crippen molar-refractivity contribution in [3.05, 3.63) is 59.9 Å². The average Bonchev–Trinajstić information content (AvgIpc) is 2.88. The Balaban J connectivity index is 1.77. The van der Waals surface area contributed by atoms with Crippen LogP contribution in [0.3, 0.4) is 0 Å². The first kappa shape index (κ1) is 12.2. The van der Waals surface area contributed by atoms with E-state index in [1.54, 1.807) is 24.5 Å². The van der Waals surface area contributed by atoms with Crippen molar-refractivity contribution >= 4 is 0 Å². The standard InChI is InChI=1S/C15H16FN3/c16-13-4-1-3-12(9-13)11-19-8-2-5-15(19)14-10-17-6-7-18-14/h1,3-4,6-7,9-10,15H,2,5,8,11H2.